The monoisotopic (exact) mass is 462 g/mol. The molecule has 0 radical (unpaired) electrons. The van der Waals surface area contributed by atoms with Crippen LogP contribution in [0.15, 0.2) is 34.8 Å². The van der Waals surface area contributed by atoms with Crippen LogP contribution in [0.5, 0.6) is 5.75 Å². The predicted octanol–water partition coefficient (Wildman–Crippen LogP) is 3.40. The zero-order chi connectivity index (χ0) is 21.0. The van der Waals surface area contributed by atoms with Gasteiger partial charge in [-0.3, -0.25) is 14.9 Å². The summed E-state index contributed by atoms with van der Waals surface area (Å²) in [6, 6.07) is 8.63. The van der Waals surface area contributed by atoms with Gasteiger partial charge in [0.25, 0.3) is 11.6 Å². The number of hydrogen-bond acceptors (Lipinski definition) is 6. The standard InChI is InChI=1S/C20H23BrN4O4/c1-13-9-14(2)20(16(21)10-13)29-12-19(26)23-15-3-4-17(18(11-15)25(27)28)24-7-5-22-6-8-24/h3-4,9-11,22H,5-8,12H2,1-2H3,(H,23,26). The lowest BCUT2D eigenvalue weighted by Gasteiger charge is -2.29. The first-order chi connectivity index (χ1) is 13.8. The van der Waals surface area contributed by atoms with Crippen molar-refractivity contribution >= 4 is 38.9 Å². The molecule has 2 aromatic carbocycles. The summed E-state index contributed by atoms with van der Waals surface area (Å²) in [5.74, 6) is 0.215. The molecule has 154 valence electrons. The maximum absolute atomic E-state index is 12.3. The number of nitrogens with zero attached hydrogens (tertiary/aromatic N) is 2. The lowest BCUT2D eigenvalue weighted by molar-refractivity contribution is -0.384. The van der Waals surface area contributed by atoms with E-state index in [1.807, 2.05) is 30.9 Å². The highest BCUT2D eigenvalue weighted by atomic mass is 79.9. The number of carbonyl (C=O) groups excluding carboxylic acids is 1. The number of anilines is 2. The minimum atomic E-state index is -0.420. The van der Waals surface area contributed by atoms with Crippen LogP contribution in [0.25, 0.3) is 0 Å². The van der Waals surface area contributed by atoms with Crippen molar-refractivity contribution in [2.75, 3.05) is 43.0 Å². The molecule has 8 nitrogen and oxygen atoms in total. The fraction of sp³-hybridized carbons (Fsp3) is 0.350. The van der Waals surface area contributed by atoms with E-state index in [0.29, 0.717) is 30.2 Å². The summed E-state index contributed by atoms with van der Waals surface area (Å²) < 4.78 is 6.42. The molecule has 3 rings (SSSR count). The molecule has 0 spiro atoms. The lowest BCUT2D eigenvalue weighted by Crippen LogP contribution is -2.43. The first-order valence-corrected chi connectivity index (χ1v) is 10.1. The normalized spacial score (nSPS) is 13.8. The van der Waals surface area contributed by atoms with Crippen molar-refractivity contribution < 1.29 is 14.5 Å². The summed E-state index contributed by atoms with van der Waals surface area (Å²) in [5, 5.41) is 17.4. The van der Waals surface area contributed by atoms with Crippen molar-refractivity contribution in [1.82, 2.24) is 5.32 Å². The summed E-state index contributed by atoms with van der Waals surface area (Å²) in [4.78, 5) is 25.4. The molecule has 0 atom stereocenters. The molecule has 2 aromatic rings. The van der Waals surface area contributed by atoms with Crippen LogP contribution in [0.4, 0.5) is 17.1 Å². The Balaban J connectivity index is 1.69. The molecule has 0 saturated carbocycles. The molecule has 0 aliphatic carbocycles. The predicted molar refractivity (Wildman–Crippen MR) is 116 cm³/mol. The maximum atomic E-state index is 12.3. The number of nitro groups is 1. The highest BCUT2D eigenvalue weighted by Crippen LogP contribution is 2.32. The molecule has 29 heavy (non-hydrogen) atoms. The second-order valence-corrected chi connectivity index (χ2v) is 7.78. The Morgan fingerprint density at radius 2 is 2.00 bits per heavy atom. The molecule has 1 heterocycles. The van der Waals surface area contributed by atoms with Gasteiger partial charge in [0.2, 0.25) is 0 Å². The Morgan fingerprint density at radius 1 is 1.28 bits per heavy atom. The van der Waals surface area contributed by atoms with Gasteiger partial charge in [-0.2, -0.15) is 0 Å². The highest BCUT2D eigenvalue weighted by Gasteiger charge is 2.22. The molecule has 1 amide bonds. The fourth-order valence-electron chi connectivity index (χ4n) is 3.34. The number of rotatable bonds is 6. The second kappa shape index (κ2) is 9.23. The van der Waals surface area contributed by atoms with Crippen LogP contribution in [0.3, 0.4) is 0 Å². The van der Waals surface area contributed by atoms with E-state index >= 15 is 0 Å². The second-order valence-electron chi connectivity index (χ2n) is 6.93. The van der Waals surface area contributed by atoms with Gasteiger partial charge in [0.15, 0.2) is 6.61 Å². The average molecular weight is 463 g/mol. The molecule has 0 bridgehead atoms. The van der Waals surface area contributed by atoms with Gasteiger partial charge >= 0.3 is 0 Å². The van der Waals surface area contributed by atoms with Crippen molar-refractivity contribution in [3.05, 3.63) is 56.0 Å². The van der Waals surface area contributed by atoms with Crippen LogP contribution < -0.4 is 20.3 Å². The Bertz CT molecular complexity index is 906. The summed E-state index contributed by atoms with van der Waals surface area (Å²) in [7, 11) is 0. The zero-order valence-electron chi connectivity index (χ0n) is 16.3. The number of benzene rings is 2. The molecule has 1 saturated heterocycles. The summed E-state index contributed by atoms with van der Waals surface area (Å²) >= 11 is 3.45. The third-order valence-electron chi connectivity index (χ3n) is 4.63. The van der Waals surface area contributed by atoms with Gasteiger partial charge in [-0.1, -0.05) is 6.07 Å². The first kappa shape index (κ1) is 21.1. The minimum Gasteiger partial charge on any atom is -0.482 e. The number of aryl methyl sites for hydroxylation is 2. The molecule has 1 fully saturated rings. The van der Waals surface area contributed by atoms with Gasteiger partial charge in [0.05, 0.1) is 9.40 Å². The number of halogens is 1. The number of amides is 1. The molecule has 1 aliphatic rings. The van der Waals surface area contributed by atoms with Crippen molar-refractivity contribution in [3.8, 4) is 5.75 Å². The molecule has 2 N–H and O–H groups in total. The summed E-state index contributed by atoms with van der Waals surface area (Å²) in [6.45, 7) is 6.64. The van der Waals surface area contributed by atoms with Crippen LogP contribution in [0, 0.1) is 24.0 Å². The van der Waals surface area contributed by atoms with Crippen LogP contribution >= 0.6 is 15.9 Å². The SMILES string of the molecule is Cc1cc(C)c(OCC(=O)Nc2ccc(N3CCNCC3)c([N+](=O)[O-])c2)c(Br)c1. The number of nitro benzene ring substituents is 1. The first-order valence-electron chi connectivity index (χ1n) is 9.28. The lowest BCUT2D eigenvalue weighted by atomic mass is 10.1. The number of nitrogens with one attached hydrogen (secondary N) is 2. The molecule has 9 heteroatoms. The molecular formula is C20H23BrN4O4. The van der Waals surface area contributed by atoms with E-state index in [-0.39, 0.29) is 18.2 Å². The molecular weight excluding hydrogens is 440 g/mol. The number of carbonyl (C=O) groups is 1. The Morgan fingerprint density at radius 3 is 2.66 bits per heavy atom. The van der Waals surface area contributed by atoms with E-state index in [1.165, 1.54) is 6.07 Å². The highest BCUT2D eigenvalue weighted by molar-refractivity contribution is 9.10. The molecule has 1 aliphatic heterocycles. The Labute approximate surface area is 177 Å². The number of ether oxygens (including phenoxy) is 1. The largest absolute Gasteiger partial charge is 0.482 e. The van der Waals surface area contributed by atoms with Gasteiger partial charge < -0.3 is 20.3 Å². The van der Waals surface area contributed by atoms with E-state index < -0.39 is 4.92 Å². The number of hydrogen-bond donors (Lipinski definition) is 2. The van der Waals surface area contributed by atoms with Crippen molar-refractivity contribution in [2.45, 2.75) is 13.8 Å². The topological polar surface area (TPSA) is 96.7 Å². The fourth-order valence-corrected chi connectivity index (χ4v) is 4.13. The quantitative estimate of drug-likeness (QED) is 0.504. The molecule has 0 aromatic heterocycles. The third-order valence-corrected chi connectivity index (χ3v) is 5.22. The smallest absolute Gasteiger partial charge is 0.294 e. The Kier molecular flexibility index (Phi) is 6.71. The van der Waals surface area contributed by atoms with Crippen LogP contribution in [0.1, 0.15) is 11.1 Å². The Hall–Kier alpha value is -2.65. The van der Waals surface area contributed by atoms with E-state index in [0.717, 1.165) is 28.7 Å². The van der Waals surface area contributed by atoms with Crippen molar-refractivity contribution in [2.24, 2.45) is 0 Å². The number of piperazine rings is 1. The minimum absolute atomic E-state index is 0.0252. The van der Waals surface area contributed by atoms with Crippen LogP contribution in [0.2, 0.25) is 0 Å². The third kappa shape index (κ3) is 5.24. The molecule has 0 unspecified atom stereocenters. The van der Waals surface area contributed by atoms with Crippen LogP contribution in [-0.2, 0) is 4.79 Å². The van der Waals surface area contributed by atoms with Gasteiger partial charge in [0, 0.05) is 37.9 Å². The maximum Gasteiger partial charge on any atom is 0.294 e. The van der Waals surface area contributed by atoms with Gasteiger partial charge in [-0.15, -0.1) is 0 Å². The van der Waals surface area contributed by atoms with E-state index in [9.17, 15) is 14.9 Å². The summed E-state index contributed by atoms with van der Waals surface area (Å²) in [6.07, 6.45) is 0. The van der Waals surface area contributed by atoms with Crippen LogP contribution in [-0.4, -0.2) is 43.6 Å². The van der Waals surface area contributed by atoms with Gasteiger partial charge in [0.1, 0.15) is 11.4 Å². The van der Waals surface area contributed by atoms with Gasteiger partial charge in [-0.05, 0) is 59.1 Å². The van der Waals surface area contributed by atoms with E-state index in [1.54, 1.807) is 12.1 Å². The average Bonchev–Trinajstić information content (AvgIpc) is 2.67. The zero-order valence-corrected chi connectivity index (χ0v) is 17.9. The van der Waals surface area contributed by atoms with E-state index in [2.05, 4.69) is 26.6 Å². The van der Waals surface area contributed by atoms with Crippen molar-refractivity contribution in [3.63, 3.8) is 0 Å². The van der Waals surface area contributed by atoms with E-state index in [4.69, 9.17) is 4.74 Å². The van der Waals surface area contributed by atoms with Crippen molar-refractivity contribution in [1.29, 1.82) is 0 Å². The summed E-state index contributed by atoms with van der Waals surface area (Å²) in [5.41, 5.74) is 2.90. The van der Waals surface area contributed by atoms with Gasteiger partial charge in [-0.25, -0.2) is 0 Å².